The number of amides is 1. The van der Waals surface area contributed by atoms with Crippen LogP contribution in [0.15, 0.2) is 24.5 Å². The first-order valence-electron chi connectivity index (χ1n) is 8.53. The second-order valence-corrected chi connectivity index (χ2v) is 7.87. The Kier molecular flexibility index (Phi) is 4.39. The summed E-state index contributed by atoms with van der Waals surface area (Å²) < 4.78 is 6.15. The van der Waals surface area contributed by atoms with Gasteiger partial charge < -0.3 is 15.0 Å². The fourth-order valence-electron chi connectivity index (χ4n) is 3.62. The molecule has 2 fully saturated rings. The third kappa shape index (κ3) is 3.50. The van der Waals surface area contributed by atoms with Gasteiger partial charge in [-0.15, -0.1) is 10.2 Å². The molecule has 0 aromatic carbocycles. The van der Waals surface area contributed by atoms with Crippen LogP contribution >= 0.6 is 11.3 Å². The lowest BCUT2D eigenvalue weighted by molar-refractivity contribution is -0.0720. The second kappa shape index (κ2) is 6.68. The zero-order valence-electron chi connectivity index (χ0n) is 14.1. The predicted octanol–water partition coefficient (Wildman–Crippen LogP) is 1.80. The van der Waals surface area contributed by atoms with Gasteiger partial charge in [-0.05, 0) is 38.3 Å². The minimum atomic E-state index is -0.204. The number of carbonyl (C=O) groups is 1. The maximum Gasteiger partial charge on any atom is 0.253 e. The highest BCUT2D eigenvalue weighted by atomic mass is 32.1. The Hall–Kier alpha value is -2.06. The maximum absolute atomic E-state index is 12.4. The van der Waals surface area contributed by atoms with Crippen molar-refractivity contribution in [2.45, 2.75) is 37.8 Å². The minimum Gasteiger partial charge on any atom is -0.373 e. The van der Waals surface area contributed by atoms with Gasteiger partial charge in [-0.3, -0.25) is 9.78 Å². The van der Waals surface area contributed by atoms with E-state index in [9.17, 15) is 4.79 Å². The number of hydrogen-bond acceptors (Lipinski definition) is 7. The fourth-order valence-corrected chi connectivity index (χ4v) is 4.34. The molecule has 1 spiro atoms. The van der Waals surface area contributed by atoms with Crippen molar-refractivity contribution in [3.63, 3.8) is 0 Å². The first-order chi connectivity index (χ1) is 12.1. The number of nitrogens with one attached hydrogen (secondary N) is 1. The van der Waals surface area contributed by atoms with Crippen molar-refractivity contribution >= 4 is 22.4 Å². The molecule has 2 aromatic heterocycles. The molecule has 2 aromatic rings. The smallest absolute Gasteiger partial charge is 0.253 e. The Bertz CT molecular complexity index is 753. The van der Waals surface area contributed by atoms with Crippen LogP contribution < -0.4 is 10.2 Å². The molecule has 2 aliphatic rings. The number of carbonyl (C=O) groups excluding carboxylic acids is 1. The number of hydrogen-bond donors (Lipinski definition) is 1. The summed E-state index contributed by atoms with van der Waals surface area (Å²) in [6.07, 6.45) is 5.88. The van der Waals surface area contributed by atoms with Gasteiger partial charge in [0.25, 0.3) is 5.91 Å². The number of ether oxygens (including phenoxy) is 1. The first kappa shape index (κ1) is 16.4. The highest BCUT2D eigenvalue weighted by Gasteiger charge is 2.44. The lowest BCUT2D eigenvalue weighted by Gasteiger charge is -2.38. The summed E-state index contributed by atoms with van der Waals surface area (Å²) in [5, 5.41) is 13.4. The van der Waals surface area contributed by atoms with Crippen LogP contribution in [-0.2, 0) is 4.74 Å². The molecule has 25 heavy (non-hydrogen) atoms. The van der Waals surface area contributed by atoms with Gasteiger partial charge in [-0.25, -0.2) is 0 Å². The number of anilines is 1. The maximum atomic E-state index is 12.4. The molecule has 0 aliphatic carbocycles. The summed E-state index contributed by atoms with van der Waals surface area (Å²) in [7, 11) is 0. The summed E-state index contributed by atoms with van der Waals surface area (Å²) in [4.78, 5) is 18.6. The Morgan fingerprint density at radius 1 is 1.48 bits per heavy atom. The number of pyridine rings is 1. The Morgan fingerprint density at radius 3 is 3.16 bits per heavy atom. The highest BCUT2D eigenvalue weighted by molar-refractivity contribution is 7.15. The van der Waals surface area contributed by atoms with E-state index in [2.05, 4.69) is 25.4 Å². The van der Waals surface area contributed by atoms with E-state index in [1.54, 1.807) is 35.9 Å². The average Bonchev–Trinajstić information content (AvgIpc) is 3.22. The summed E-state index contributed by atoms with van der Waals surface area (Å²) in [5.41, 5.74) is 0.394. The standard InChI is InChI=1S/C17H21N5O2S/c1-12-20-21-16(25-12)22-7-5-17(11-22)9-14(4-8-24-17)19-15(23)13-3-2-6-18-10-13/h2-3,6,10,14H,4-5,7-9,11H2,1H3,(H,19,23)/t14-,17-/m0/s1. The molecule has 2 aliphatic heterocycles. The molecule has 0 saturated carbocycles. The number of aryl methyl sites for hydroxylation is 1. The Morgan fingerprint density at radius 2 is 2.40 bits per heavy atom. The van der Waals surface area contributed by atoms with E-state index < -0.39 is 0 Å². The van der Waals surface area contributed by atoms with Crippen molar-refractivity contribution in [1.82, 2.24) is 20.5 Å². The van der Waals surface area contributed by atoms with E-state index in [1.165, 1.54) is 0 Å². The van der Waals surface area contributed by atoms with Gasteiger partial charge in [0.05, 0.1) is 11.2 Å². The molecule has 1 amide bonds. The molecule has 132 valence electrons. The number of aromatic nitrogens is 3. The van der Waals surface area contributed by atoms with Crippen molar-refractivity contribution in [2.75, 3.05) is 24.6 Å². The average molecular weight is 359 g/mol. The van der Waals surface area contributed by atoms with Crippen LogP contribution in [0.5, 0.6) is 0 Å². The van der Waals surface area contributed by atoms with Gasteiger partial charge in [0.15, 0.2) is 0 Å². The molecule has 8 heteroatoms. The number of nitrogens with zero attached hydrogens (tertiary/aromatic N) is 4. The van der Waals surface area contributed by atoms with Crippen molar-refractivity contribution in [3.8, 4) is 0 Å². The van der Waals surface area contributed by atoms with Crippen molar-refractivity contribution in [1.29, 1.82) is 0 Å². The van der Waals surface area contributed by atoms with Crippen LogP contribution in [0.4, 0.5) is 5.13 Å². The minimum absolute atomic E-state index is 0.0650. The van der Waals surface area contributed by atoms with Crippen molar-refractivity contribution in [2.24, 2.45) is 0 Å². The van der Waals surface area contributed by atoms with Crippen molar-refractivity contribution in [3.05, 3.63) is 35.1 Å². The predicted molar refractivity (Wildman–Crippen MR) is 94.9 cm³/mol. The first-order valence-corrected chi connectivity index (χ1v) is 9.35. The molecular weight excluding hydrogens is 338 g/mol. The Labute approximate surface area is 150 Å². The summed E-state index contributed by atoms with van der Waals surface area (Å²) >= 11 is 1.61. The molecule has 0 unspecified atom stereocenters. The normalized spacial score (nSPS) is 26.1. The third-order valence-electron chi connectivity index (χ3n) is 4.85. The van der Waals surface area contributed by atoms with Gasteiger partial charge in [-0.1, -0.05) is 11.3 Å². The SMILES string of the molecule is Cc1nnc(N2CC[C@]3(C[C@@H](NC(=O)c4cccnc4)CCO3)C2)s1. The largest absolute Gasteiger partial charge is 0.373 e. The topological polar surface area (TPSA) is 80.2 Å². The lowest BCUT2D eigenvalue weighted by Crippen LogP contribution is -2.50. The van der Waals surface area contributed by atoms with Crippen LogP contribution in [0.2, 0.25) is 0 Å². The fraction of sp³-hybridized carbons (Fsp3) is 0.529. The van der Waals surface area contributed by atoms with Gasteiger partial charge >= 0.3 is 0 Å². The van der Waals surface area contributed by atoms with E-state index in [-0.39, 0.29) is 17.6 Å². The summed E-state index contributed by atoms with van der Waals surface area (Å²) in [5.74, 6) is -0.0650. The molecule has 2 saturated heterocycles. The van der Waals surface area contributed by atoms with Crippen LogP contribution in [0, 0.1) is 6.92 Å². The third-order valence-corrected chi connectivity index (χ3v) is 5.75. The van der Waals surface area contributed by atoms with E-state index >= 15 is 0 Å². The van der Waals surface area contributed by atoms with Gasteiger partial charge in [0, 0.05) is 38.1 Å². The zero-order valence-corrected chi connectivity index (χ0v) is 15.0. The number of rotatable bonds is 3. The van der Waals surface area contributed by atoms with Crippen LogP contribution in [0.3, 0.4) is 0 Å². The Balaban J connectivity index is 1.40. The zero-order chi connectivity index (χ0) is 17.3. The summed E-state index contributed by atoms with van der Waals surface area (Å²) in [6, 6.07) is 3.68. The van der Waals surface area contributed by atoms with Crippen LogP contribution in [0.1, 0.15) is 34.6 Å². The van der Waals surface area contributed by atoms with E-state index in [0.717, 1.165) is 42.5 Å². The lowest BCUT2D eigenvalue weighted by atomic mass is 9.89. The molecule has 0 radical (unpaired) electrons. The molecule has 7 nitrogen and oxygen atoms in total. The van der Waals surface area contributed by atoms with E-state index in [0.29, 0.717) is 12.2 Å². The van der Waals surface area contributed by atoms with Crippen molar-refractivity contribution < 1.29 is 9.53 Å². The summed E-state index contributed by atoms with van der Waals surface area (Å²) in [6.45, 7) is 4.36. The van der Waals surface area contributed by atoms with Gasteiger partial charge in [-0.2, -0.15) is 0 Å². The molecular formula is C17H21N5O2S. The second-order valence-electron chi connectivity index (χ2n) is 6.71. The van der Waals surface area contributed by atoms with Crippen LogP contribution in [0.25, 0.3) is 0 Å². The molecule has 2 atom stereocenters. The quantitative estimate of drug-likeness (QED) is 0.900. The van der Waals surface area contributed by atoms with Gasteiger partial charge in [0.2, 0.25) is 5.13 Å². The molecule has 4 heterocycles. The molecule has 4 rings (SSSR count). The molecule has 0 bridgehead atoms. The molecule has 1 N–H and O–H groups in total. The van der Waals surface area contributed by atoms with E-state index in [1.807, 2.05) is 6.92 Å². The monoisotopic (exact) mass is 359 g/mol. The van der Waals surface area contributed by atoms with E-state index in [4.69, 9.17) is 4.74 Å². The van der Waals surface area contributed by atoms with Gasteiger partial charge in [0.1, 0.15) is 5.01 Å². The van der Waals surface area contributed by atoms with Crippen LogP contribution in [-0.4, -0.2) is 52.4 Å². The highest BCUT2D eigenvalue weighted by Crippen LogP contribution is 2.37.